The summed E-state index contributed by atoms with van der Waals surface area (Å²) >= 11 is 0. The number of benzene rings is 1. The van der Waals surface area contributed by atoms with E-state index in [1.54, 1.807) is 0 Å². The third-order valence-corrected chi connectivity index (χ3v) is 3.56. The van der Waals surface area contributed by atoms with E-state index in [-0.39, 0.29) is 0 Å². The van der Waals surface area contributed by atoms with E-state index >= 15 is 0 Å². The van der Waals surface area contributed by atoms with Gasteiger partial charge in [0, 0.05) is 0 Å². The van der Waals surface area contributed by atoms with E-state index in [0.717, 1.165) is 0 Å². The Bertz CT molecular complexity index is 359. The lowest BCUT2D eigenvalue weighted by atomic mass is 10.1. The monoisotopic (exact) mass is 270 g/mol. The molecule has 0 aliphatic carbocycles. The molecule has 1 aromatic rings. The average molecular weight is 270 g/mol. The van der Waals surface area contributed by atoms with Crippen molar-refractivity contribution in [3.63, 3.8) is 0 Å². The minimum Gasteiger partial charge on any atom is -0.0845 e. The van der Waals surface area contributed by atoms with Crippen molar-refractivity contribution in [3.8, 4) is 0 Å². The quantitative estimate of drug-likeness (QED) is 0.307. The summed E-state index contributed by atoms with van der Waals surface area (Å²) in [7, 11) is 0. The molecular weight excluding hydrogens is 240 g/mol. The van der Waals surface area contributed by atoms with Gasteiger partial charge in [0.15, 0.2) is 0 Å². The van der Waals surface area contributed by atoms with Crippen LogP contribution in [0.3, 0.4) is 0 Å². The summed E-state index contributed by atoms with van der Waals surface area (Å²) in [5.74, 6) is 0. The van der Waals surface area contributed by atoms with E-state index in [9.17, 15) is 0 Å². The smallest absolute Gasteiger partial charge is 0.0257 e. The fraction of sp³-hybridized carbons (Fsp3) is 0.500. The molecule has 0 fully saturated rings. The maximum absolute atomic E-state index is 2.29. The summed E-state index contributed by atoms with van der Waals surface area (Å²) < 4.78 is 0. The minimum atomic E-state index is 1.22. The van der Waals surface area contributed by atoms with Crippen LogP contribution in [-0.4, -0.2) is 0 Å². The predicted molar refractivity (Wildman–Crippen MR) is 91.8 cm³/mol. The van der Waals surface area contributed by atoms with E-state index < -0.39 is 0 Å². The molecule has 0 nitrogen and oxygen atoms in total. The van der Waals surface area contributed by atoms with Crippen molar-refractivity contribution < 1.29 is 0 Å². The number of hydrogen-bond donors (Lipinski definition) is 0. The molecule has 20 heavy (non-hydrogen) atoms. The van der Waals surface area contributed by atoms with Crippen LogP contribution in [0.25, 0.3) is 6.08 Å². The van der Waals surface area contributed by atoms with Gasteiger partial charge in [0.25, 0.3) is 0 Å². The van der Waals surface area contributed by atoms with Crippen molar-refractivity contribution in [1.82, 2.24) is 0 Å². The van der Waals surface area contributed by atoms with Crippen molar-refractivity contribution in [2.75, 3.05) is 0 Å². The lowest BCUT2D eigenvalue weighted by molar-refractivity contribution is 0.577. The topological polar surface area (TPSA) is 0 Å². The first-order chi connectivity index (χ1) is 9.93. The summed E-state index contributed by atoms with van der Waals surface area (Å²) in [6.07, 6.45) is 21.2. The summed E-state index contributed by atoms with van der Waals surface area (Å²) in [4.78, 5) is 0. The van der Waals surface area contributed by atoms with Crippen LogP contribution in [0.15, 0.2) is 48.6 Å². The van der Waals surface area contributed by atoms with Gasteiger partial charge in [-0.1, -0.05) is 107 Å². The SMILES string of the molecule is CCCCCCCCCCC=CC=Cc1ccccc1. The van der Waals surface area contributed by atoms with Gasteiger partial charge in [-0.2, -0.15) is 0 Å². The fourth-order valence-electron chi connectivity index (χ4n) is 2.30. The molecule has 0 heteroatoms. The zero-order valence-electron chi connectivity index (χ0n) is 13.1. The largest absolute Gasteiger partial charge is 0.0845 e. The van der Waals surface area contributed by atoms with E-state index in [2.05, 4.69) is 61.6 Å². The second kappa shape index (κ2) is 12.7. The predicted octanol–water partition coefficient (Wildman–Crippen LogP) is 6.79. The molecule has 0 N–H and O–H groups in total. The Labute approximate surface area is 125 Å². The van der Waals surface area contributed by atoms with E-state index in [0.29, 0.717) is 0 Å². The molecule has 0 spiro atoms. The molecule has 0 amide bonds. The maximum atomic E-state index is 2.29. The van der Waals surface area contributed by atoms with Gasteiger partial charge in [-0.25, -0.2) is 0 Å². The van der Waals surface area contributed by atoms with Gasteiger partial charge in [0.05, 0.1) is 0 Å². The molecule has 0 aliphatic rings. The van der Waals surface area contributed by atoms with Crippen molar-refractivity contribution in [2.45, 2.75) is 64.7 Å². The molecule has 110 valence electrons. The van der Waals surface area contributed by atoms with E-state index in [1.165, 1.54) is 63.4 Å². The Balaban J connectivity index is 1.93. The second-order valence-electron chi connectivity index (χ2n) is 5.46. The van der Waals surface area contributed by atoms with Crippen molar-refractivity contribution >= 4 is 6.08 Å². The standard InChI is InChI=1S/C20H30/c1-2-3-4-5-6-7-8-9-10-11-12-14-17-20-18-15-13-16-19-20/h11-19H,2-10H2,1H3. The first kappa shape index (κ1) is 16.8. The van der Waals surface area contributed by atoms with Gasteiger partial charge >= 0.3 is 0 Å². The third-order valence-electron chi connectivity index (χ3n) is 3.56. The first-order valence-electron chi connectivity index (χ1n) is 8.31. The highest BCUT2D eigenvalue weighted by molar-refractivity contribution is 5.50. The maximum Gasteiger partial charge on any atom is -0.0257 e. The van der Waals surface area contributed by atoms with Gasteiger partial charge in [0.1, 0.15) is 0 Å². The fourth-order valence-corrected chi connectivity index (χ4v) is 2.30. The second-order valence-corrected chi connectivity index (χ2v) is 5.46. The minimum absolute atomic E-state index is 1.22. The number of rotatable bonds is 11. The van der Waals surface area contributed by atoms with Crippen LogP contribution in [0, 0.1) is 0 Å². The number of allylic oxidation sites excluding steroid dienone is 3. The molecule has 0 unspecified atom stereocenters. The van der Waals surface area contributed by atoms with Crippen LogP contribution < -0.4 is 0 Å². The van der Waals surface area contributed by atoms with Crippen molar-refractivity contribution in [3.05, 3.63) is 54.1 Å². The van der Waals surface area contributed by atoms with Crippen LogP contribution in [0.1, 0.15) is 70.3 Å². The zero-order valence-corrected chi connectivity index (χ0v) is 13.1. The lowest BCUT2D eigenvalue weighted by Gasteiger charge is -1.99. The summed E-state index contributed by atoms with van der Waals surface area (Å²) in [5.41, 5.74) is 1.27. The average Bonchev–Trinajstić information content (AvgIpc) is 2.49. The highest BCUT2D eigenvalue weighted by atomic mass is 14.0. The summed E-state index contributed by atoms with van der Waals surface area (Å²) in [6.45, 7) is 2.28. The van der Waals surface area contributed by atoms with Crippen molar-refractivity contribution in [2.24, 2.45) is 0 Å². The van der Waals surface area contributed by atoms with E-state index in [1.807, 2.05) is 0 Å². The van der Waals surface area contributed by atoms with Crippen LogP contribution in [-0.2, 0) is 0 Å². The molecule has 0 heterocycles. The van der Waals surface area contributed by atoms with Crippen LogP contribution in [0.4, 0.5) is 0 Å². The highest BCUT2D eigenvalue weighted by Gasteiger charge is 1.90. The lowest BCUT2D eigenvalue weighted by Crippen LogP contribution is -1.79. The Morgan fingerprint density at radius 3 is 2.10 bits per heavy atom. The molecule has 1 aromatic carbocycles. The molecular formula is C20H30. The Morgan fingerprint density at radius 2 is 1.40 bits per heavy atom. The molecule has 1 rings (SSSR count). The first-order valence-corrected chi connectivity index (χ1v) is 8.31. The zero-order chi connectivity index (χ0) is 14.3. The summed E-state index contributed by atoms with van der Waals surface area (Å²) in [6, 6.07) is 10.5. The Kier molecular flexibility index (Phi) is 10.7. The van der Waals surface area contributed by atoms with Gasteiger partial charge in [-0.3, -0.25) is 0 Å². The molecule has 0 saturated heterocycles. The van der Waals surface area contributed by atoms with Gasteiger partial charge in [0.2, 0.25) is 0 Å². The van der Waals surface area contributed by atoms with Gasteiger partial charge < -0.3 is 0 Å². The van der Waals surface area contributed by atoms with E-state index in [4.69, 9.17) is 0 Å². The molecule has 0 bridgehead atoms. The molecule has 0 aromatic heterocycles. The molecule has 0 aliphatic heterocycles. The van der Waals surface area contributed by atoms with Crippen LogP contribution in [0.2, 0.25) is 0 Å². The molecule has 0 saturated carbocycles. The van der Waals surface area contributed by atoms with Crippen LogP contribution in [0.5, 0.6) is 0 Å². The molecule has 0 atom stereocenters. The van der Waals surface area contributed by atoms with Gasteiger partial charge in [-0.15, -0.1) is 0 Å². The highest BCUT2D eigenvalue weighted by Crippen LogP contribution is 2.09. The number of unbranched alkanes of at least 4 members (excludes halogenated alkanes) is 8. The Morgan fingerprint density at radius 1 is 0.750 bits per heavy atom. The Hall–Kier alpha value is -1.30. The van der Waals surface area contributed by atoms with Gasteiger partial charge in [-0.05, 0) is 18.4 Å². The van der Waals surface area contributed by atoms with Crippen LogP contribution >= 0.6 is 0 Å². The molecule has 0 radical (unpaired) electrons. The number of hydrogen-bond acceptors (Lipinski definition) is 0. The normalized spacial score (nSPS) is 11.7. The van der Waals surface area contributed by atoms with Crippen molar-refractivity contribution in [1.29, 1.82) is 0 Å². The third kappa shape index (κ3) is 9.61. The summed E-state index contributed by atoms with van der Waals surface area (Å²) in [5, 5.41) is 0.